The topological polar surface area (TPSA) is 57.4 Å². The van der Waals surface area contributed by atoms with E-state index in [9.17, 15) is 4.79 Å². The Morgan fingerprint density at radius 3 is 2.52 bits per heavy atom. The van der Waals surface area contributed by atoms with E-state index in [2.05, 4.69) is 5.16 Å². The number of oxime groups is 1. The summed E-state index contributed by atoms with van der Waals surface area (Å²) in [5.74, 6) is 0.0784. The minimum atomic E-state index is 0.0784. The van der Waals surface area contributed by atoms with Crippen LogP contribution in [0.1, 0.15) is 29.3 Å². The summed E-state index contributed by atoms with van der Waals surface area (Å²) >= 11 is 0. The Morgan fingerprint density at radius 1 is 1.19 bits per heavy atom. The predicted octanol–water partition coefficient (Wildman–Crippen LogP) is 1.36. The minimum Gasteiger partial charge on any atom is -0.411 e. The largest absolute Gasteiger partial charge is 0.411 e. The Bertz CT molecular complexity index is 653. The number of pyridine rings is 2. The molecule has 1 N–H and O–H groups in total. The van der Waals surface area contributed by atoms with Gasteiger partial charge in [0.15, 0.2) is 43.7 Å². The molecule has 0 spiro atoms. The van der Waals surface area contributed by atoms with Crippen molar-refractivity contribution in [3.05, 3.63) is 60.2 Å². The van der Waals surface area contributed by atoms with Crippen LogP contribution in [0.3, 0.4) is 0 Å². The summed E-state index contributed by atoms with van der Waals surface area (Å²) in [6.07, 6.45) is 10.1. The van der Waals surface area contributed by atoms with Crippen LogP contribution in [0.25, 0.3) is 0 Å². The first kappa shape index (κ1) is 14.8. The number of hydrogen-bond acceptors (Lipinski definition) is 3. The summed E-state index contributed by atoms with van der Waals surface area (Å²) in [7, 11) is 0. The highest BCUT2D eigenvalue weighted by molar-refractivity contribution is 5.93. The summed E-state index contributed by atoms with van der Waals surface area (Å²) < 4.78 is 4.07. The quantitative estimate of drug-likeness (QED) is 0.286. The highest BCUT2D eigenvalue weighted by Crippen LogP contribution is 1.96. The van der Waals surface area contributed by atoms with Crippen LogP contribution in [0.2, 0.25) is 0 Å². The van der Waals surface area contributed by atoms with E-state index in [4.69, 9.17) is 5.21 Å². The summed E-state index contributed by atoms with van der Waals surface area (Å²) in [6, 6.07) is 7.51. The monoisotopic (exact) mass is 285 g/mol. The molecule has 0 atom stereocenters. The molecule has 0 aliphatic rings. The first-order valence-corrected chi connectivity index (χ1v) is 6.85. The number of ketones is 1. The molecular formula is C16H19N3O2+2. The molecule has 2 aromatic rings. The van der Waals surface area contributed by atoms with E-state index >= 15 is 0 Å². The van der Waals surface area contributed by atoms with Crippen LogP contribution in [-0.4, -0.2) is 17.2 Å². The molecule has 5 heteroatoms. The van der Waals surface area contributed by atoms with Gasteiger partial charge in [0, 0.05) is 12.1 Å². The number of nitrogens with zero attached hydrogens (tertiary/aromatic N) is 3. The molecule has 0 amide bonds. The van der Waals surface area contributed by atoms with E-state index in [-0.39, 0.29) is 5.78 Å². The van der Waals surface area contributed by atoms with Crippen molar-refractivity contribution in [2.45, 2.75) is 26.4 Å². The molecule has 0 fully saturated rings. The van der Waals surface area contributed by atoms with Crippen LogP contribution in [0, 0.1) is 0 Å². The van der Waals surface area contributed by atoms with E-state index in [1.165, 1.54) is 6.21 Å². The standard InChI is InChI=1S/C16H18N3O2/c1-14(20)16-6-3-8-19(13-16)10-4-9-18-7-2-5-15(12-18)11-17-21/h2-3,5-8,11-13H,4,9-10H2,1H3/q+1/p+1/b17-11+. The number of hydrogen-bond donors (Lipinski definition) is 1. The number of Topliss-reactive ketones (excluding diaryl/α,β-unsaturated/α-hetero) is 1. The molecule has 0 saturated carbocycles. The lowest BCUT2D eigenvalue weighted by Gasteiger charge is -1.98. The molecule has 0 radical (unpaired) electrons. The molecular weight excluding hydrogens is 266 g/mol. The summed E-state index contributed by atoms with van der Waals surface area (Å²) in [6.45, 7) is 3.26. The third kappa shape index (κ3) is 4.49. The van der Waals surface area contributed by atoms with Crippen LogP contribution < -0.4 is 9.13 Å². The van der Waals surface area contributed by atoms with E-state index in [0.29, 0.717) is 0 Å². The van der Waals surface area contributed by atoms with Gasteiger partial charge in [0.05, 0.1) is 23.8 Å². The van der Waals surface area contributed by atoms with Crippen molar-refractivity contribution < 1.29 is 19.1 Å². The maximum absolute atomic E-state index is 11.3. The van der Waals surface area contributed by atoms with Gasteiger partial charge in [0.1, 0.15) is 0 Å². The van der Waals surface area contributed by atoms with Gasteiger partial charge in [-0.15, -0.1) is 0 Å². The van der Waals surface area contributed by atoms with Gasteiger partial charge >= 0.3 is 0 Å². The Kier molecular flexibility index (Phi) is 5.15. The van der Waals surface area contributed by atoms with Crippen LogP contribution in [-0.2, 0) is 13.1 Å². The molecule has 0 aliphatic carbocycles. The van der Waals surface area contributed by atoms with Crippen molar-refractivity contribution in [3.63, 3.8) is 0 Å². The predicted molar refractivity (Wildman–Crippen MR) is 77.3 cm³/mol. The second-order valence-electron chi connectivity index (χ2n) is 4.86. The average Bonchev–Trinajstić information content (AvgIpc) is 2.48. The summed E-state index contributed by atoms with van der Waals surface area (Å²) in [4.78, 5) is 11.3. The fourth-order valence-electron chi connectivity index (χ4n) is 2.13. The van der Waals surface area contributed by atoms with Gasteiger partial charge in [0.2, 0.25) is 0 Å². The van der Waals surface area contributed by atoms with Crippen molar-refractivity contribution in [1.82, 2.24) is 0 Å². The SMILES string of the molecule is CC(=O)c1ccc[n+](CCC[n+]2cccc(/C=N/O)c2)c1. The van der Waals surface area contributed by atoms with E-state index in [1.807, 2.05) is 58.2 Å². The zero-order valence-corrected chi connectivity index (χ0v) is 12.0. The zero-order valence-electron chi connectivity index (χ0n) is 12.0. The van der Waals surface area contributed by atoms with E-state index in [0.717, 1.165) is 30.6 Å². The van der Waals surface area contributed by atoms with E-state index < -0.39 is 0 Å². The molecule has 5 nitrogen and oxygen atoms in total. The molecule has 0 aromatic carbocycles. The van der Waals surface area contributed by atoms with Gasteiger partial charge in [-0.2, -0.15) is 0 Å². The molecule has 108 valence electrons. The Hall–Kier alpha value is -2.56. The summed E-state index contributed by atoms with van der Waals surface area (Å²) in [5, 5.41) is 11.6. The Labute approximate surface area is 123 Å². The van der Waals surface area contributed by atoms with Gasteiger partial charge < -0.3 is 5.21 Å². The number of carbonyl (C=O) groups is 1. The van der Waals surface area contributed by atoms with Crippen LogP contribution in [0.4, 0.5) is 0 Å². The molecule has 0 aliphatic heterocycles. The number of rotatable bonds is 6. The normalized spacial score (nSPS) is 10.9. The maximum atomic E-state index is 11.3. The van der Waals surface area contributed by atoms with Crippen molar-refractivity contribution in [3.8, 4) is 0 Å². The zero-order chi connectivity index (χ0) is 15.1. The number of aromatic nitrogens is 2. The lowest BCUT2D eigenvalue weighted by molar-refractivity contribution is -0.727. The van der Waals surface area contributed by atoms with Crippen LogP contribution in [0.5, 0.6) is 0 Å². The van der Waals surface area contributed by atoms with Crippen molar-refractivity contribution in [2.75, 3.05) is 0 Å². The second kappa shape index (κ2) is 7.28. The van der Waals surface area contributed by atoms with Crippen molar-refractivity contribution >= 4 is 12.0 Å². The lowest BCUT2D eigenvalue weighted by Crippen LogP contribution is -2.39. The lowest BCUT2D eigenvalue weighted by atomic mass is 10.2. The molecule has 2 heterocycles. The van der Waals surface area contributed by atoms with Crippen molar-refractivity contribution in [1.29, 1.82) is 0 Å². The van der Waals surface area contributed by atoms with Gasteiger partial charge in [-0.1, -0.05) is 5.16 Å². The fourth-order valence-corrected chi connectivity index (χ4v) is 2.13. The first-order chi connectivity index (χ1) is 10.2. The summed E-state index contributed by atoms with van der Waals surface area (Å²) in [5.41, 5.74) is 1.58. The average molecular weight is 285 g/mol. The van der Waals surface area contributed by atoms with Gasteiger partial charge in [-0.05, 0) is 19.1 Å². The van der Waals surface area contributed by atoms with Crippen LogP contribution >= 0.6 is 0 Å². The molecule has 0 unspecified atom stereocenters. The Morgan fingerprint density at radius 2 is 1.86 bits per heavy atom. The maximum Gasteiger partial charge on any atom is 0.179 e. The van der Waals surface area contributed by atoms with Gasteiger partial charge in [-0.25, -0.2) is 9.13 Å². The van der Waals surface area contributed by atoms with Gasteiger partial charge in [-0.3, -0.25) is 4.79 Å². The highest BCUT2D eigenvalue weighted by Gasteiger charge is 2.08. The molecule has 21 heavy (non-hydrogen) atoms. The molecule has 2 aromatic heterocycles. The smallest absolute Gasteiger partial charge is 0.179 e. The highest BCUT2D eigenvalue weighted by atomic mass is 16.4. The van der Waals surface area contributed by atoms with Crippen molar-refractivity contribution in [2.24, 2.45) is 5.16 Å². The van der Waals surface area contributed by atoms with Gasteiger partial charge in [0.25, 0.3) is 0 Å². The minimum absolute atomic E-state index is 0.0784. The molecule has 0 saturated heterocycles. The third-order valence-electron chi connectivity index (χ3n) is 3.19. The third-order valence-corrected chi connectivity index (χ3v) is 3.19. The number of aryl methyl sites for hydroxylation is 2. The first-order valence-electron chi connectivity index (χ1n) is 6.85. The Balaban J connectivity index is 1.93. The van der Waals surface area contributed by atoms with Crippen LogP contribution in [0.15, 0.2) is 54.2 Å². The van der Waals surface area contributed by atoms with E-state index in [1.54, 1.807) is 6.92 Å². The molecule has 0 bridgehead atoms. The second-order valence-corrected chi connectivity index (χ2v) is 4.86. The fraction of sp³-hybridized carbons (Fsp3) is 0.250. The molecule has 2 rings (SSSR count). The number of carbonyl (C=O) groups excluding carboxylic acids is 1.